The van der Waals surface area contributed by atoms with Gasteiger partial charge in [-0.05, 0) is 38.1 Å². The fourth-order valence-corrected chi connectivity index (χ4v) is 6.02. The summed E-state index contributed by atoms with van der Waals surface area (Å²) in [6, 6.07) is 1.36. The Kier molecular flexibility index (Phi) is 24.9. The van der Waals surface area contributed by atoms with Crippen molar-refractivity contribution in [3.05, 3.63) is 0 Å². The van der Waals surface area contributed by atoms with E-state index in [0.717, 1.165) is 0 Å². The summed E-state index contributed by atoms with van der Waals surface area (Å²) in [4.78, 5) is 0. The largest absolute Gasteiger partial charge is 0.427 e. The molecule has 0 aliphatic carbocycles. The quantitative estimate of drug-likeness (QED) is 0.0720. The minimum atomic E-state index is -0.234. The van der Waals surface area contributed by atoms with E-state index in [2.05, 4.69) is 20.8 Å². The van der Waals surface area contributed by atoms with Crippen LogP contribution in [0.1, 0.15) is 143 Å². The van der Waals surface area contributed by atoms with Crippen molar-refractivity contribution in [2.75, 3.05) is 33.3 Å². The van der Waals surface area contributed by atoms with Gasteiger partial charge in [0.15, 0.2) is 9.76 Å². The van der Waals surface area contributed by atoms with E-state index < -0.39 is 0 Å². The van der Waals surface area contributed by atoms with Gasteiger partial charge in [-0.15, -0.1) is 0 Å². The van der Waals surface area contributed by atoms with Crippen molar-refractivity contribution in [1.82, 2.24) is 0 Å². The summed E-state index contributed by atoms with van der Waals surface area (Å²) in [5.74, 6) is 0. The smallest absolute Gasteiger partial charge is 0.161 e. The first-order chi connectivity index (χ1) is 15.2. The van der Waals surface area contributed by atoms with Crippen LogP contribution in [0.5, 0.6) is 0 Å². The molecule has 0 aromatic heterocycles. The first-order valence-electron chi connectivity index (χ1n) is 14.6. The lowest BCUT2D eigenvalue weighted by atomic mass is 10.0. The first kappa shape index (κ1) is 31.1. The zero-order valence-electron chi connectivity index (χ0n) is 22.5. The molecule has 0 rings (SSSR count). The fraction of sp³-hybridized carbons (Fsp3) is 1.00. The summed E-state index contributed by atoms with van der Waals surface area (Å²) in [7, 11) is 1.66. The lowest BCUT2D eigenvalue weighted by Gasteiger charge is -2.39. The van der Waals surface area contributed by atoms with Crippen LogP contribution in [-0.4, -0.2) is 47.5 Å². The van der Waals surface area contributed by atoms with Crippen LogP contribution >= 0.6 is 0 Å². The highest BCUT2D eigenvalue weighted by atomic mass is 28.2. The van der Waals surface area contributed by atoms with Gasteiger partial charge in [-0.2, -0.15) is 0 Å². The molecule has 0 atom stereocenters. The first-order valence-corrected chi connectivity index (χ1v) is 16.2. The van der Waals surface area contributed by atoms with Gasteiger partial charge in [-0.25, -0.2) is 0 Å². The summed E-state index contributed by atoms with van der Waals surface area (Å²) in [5, 5.41) is 0. The van der Waals surface area contributed by atoms with Gasteiger partial charge in [0.2, 0.25) is 0 Å². The van der Waals surface area contributed by atoms with Crippen molar-refractivity contribution in [1.29, 1.82) is 0 Å². The Hall–Kier alpha value is 0.137. The highest BCUT2D eigenvalue weighted by Gasteiger charge is 2.24. The average Bonchev–Trinajstić information content (AvgIpc) is 2.77. The van der Waals surface area contributed by atoms with E-state index >= 15 is 0 Å². The summed E-state index contributed by atoms with van der Waals surface area (Å²) < 4.78 is 6.80. The van der Waals surface area contributed by atoms with Crippen LogP contribution in [-0.2, 0) is 4.43 Å². The zero-order chi connectivity index (χ0) is 22.9. The van der Waals surface area contributed by atoms with Gasteiger partial charge in [-0.1, -0.05) is 111 Å². The molecule has 0 aromatic carbocycles. The van der Waals surface area contributed by atoms with Gasteiger partial charge in [0.1, 0.15) is 0 Å². The fourth-order valence-electron chi connectivity index (χ4n) is 5.31. The Balaban J connectivity index is 3.65. The highest BCUT2D eigenvalue weighted by molar-refractivity contribution is 6.26. The number of hydrogen-bond acceptors (Lipinski definition) is 1. The summed E-state index contributed by atoms with van der Waals surface area (Å²) in [6.07, 6.45) is 27.5. The predicted octanol–water partition coefficient (Wildman–Crippen LogP) is 8.42. The molecule has 0 saturated carbocycles. The van der Waals surface area contributed by atoms with Crippen LogP contribution in [0, 0.1) is 0 Å². The van der Waals surface area contributed by atoms with Gasteiger partial charge in [0.25, 0.3) is 0 Å². The maximum Gasteiger partial charge on any atom is 0.161 e. The summed E-state index contributed by atoms with van der Waals surface area (Å²) in [5.41, 5.74) is 0. The average molecular weight is 457 g/mol. The molecular weight excluding hydrogens is 394 g/mol. The molecule has 188 valence electrons. The number of unbranched alkanes of at least 4 members (excludes halogenated alkanes) is 15. The van der Waals surface area contributed by atoms with Crippen LogP contribution in [0.25, 0.3) is 0 Å². The second kappa shape index (κ2) is 24.8. The molecule has 0 aliphatic rings. The molecule has 31 heavy (non-hydrogen) atoms. The number of quaternary nitrogens is 1. The van der Waals surface area contributed by atoms with Crippen LogP contribution in [0.4, 0.5) is 0 Å². The van der Waals surface area contributed by atoms with Gasteiger partial charge < -0.3 is 8.91 Å². The second-order valence-corrected chi connectivity index (χ2v) is 11.9. The molecule has 0 spiro atoms. The molecule has 3 heteroatoms. The summed E-state index contributed by atoms with van der Waals surface area (Å²) in [6.45, 7) is 12.7. The Morgan fingerprint density at radius 1 is 0.452 bits per heavy atom. The van der Waals surface area contributed by atoms with Crippen molar-refractivity contribution in [2.45, 2.75) is 149 Å². The van der Waals surface area contributed by atoms with Crippen molar-refractivity contribution < 1.29 is 8.91 Å². The van der Waals surface area contributed by atoms with Crippen molar-refractivity contribution in [3.63, 3.8) is 0 Å². The van der Waals surface area contributed by atoms with E-state index in [1.165, 1.54) is 159 Å². The van der Waals surface area contributed by atoms with Crippen LogP contribution in [0.2, 0.25) is 6.04 Å². The van der Waals surface area contributed by atoms with Crippen LogP contribution in [0.15, 0.2) is 0 Å². The molecule has 0 aromatic rings. The van der Waals surface area contributed by atoms with Crippen molar-refractivity contribution in [3.8, 4) is 0 Å². The molecule has 0 bridgehead atoms. The molecule has 0 saturated heterocycles. The molecule has 0 radical (unpaired) electrons. The van der Waals surface area contributed by atoms with Gasteiger partial charge in [-0.3, -0.25) is 0 Å². The minimum absolute atomic E-state index is 0.234. The lowest BCUT2D eigenvalue weighted by molar-refractivity contribution is -0.928. The molecule has 0 heterocycles. The number of hydrogen-bond donors (Lipinski definition) is 0. The summed E-state index contributed by atoms with van der Waals surface area (Å²) >= 11 is 0. The zero-order valence-corrected chi connectivity index (χ0v) is 23.9. The Morgan fingerprint density at radius 2 is 0.839 bits per heavy atom. The Morgan fingerprint density at radius 3 is 1.23 bits per heavy atom. The van der Waals surface area contributed by atoms with E-state index in [9.17, 15) is 0 Å². The normalized spacial score (nSPS) is 12.4. The van der Waals surface area contributed by atoms with Crippen molar-refractivity contribution in [2.24, 2.45) is 0 Å². The van der Waals surface area contributed by atoms with E-state index in [4.69, 9.17) is 4.43 Å². The van der Waals surface area contributed by atoms with Crippen molar-refractivity contribution >= 4 is 9.76 Å². The van der Waals surface area contributed by atoms with E-state index in [1.807, 2.05) is 7.11 Å². The molecule has 0 fully saturated rings. The Labute approximate surface area is 200 Å². The predicted molar refractivity (Wildman–Crippen MR) is 145 cm³/mol. The third-order valence-corrected chi connectivity index (χ3v) is 8.31. The maximum absolute atomic E-state index is 5.40. The van der Waals surface area contributed by atoms with Crippen LogP contribution in [0.3, 0.4) is 0 Å². The van der Waals surface area contributed by atoms with Gasteiger partial charge in [0, 0.05) is 7.11 Å². The molecule has 0 aliphatic heterocycles. The molecular formula is C28H62NOSi+. The third kappa shape index (κ3) is 20.5. The topological polar surface area (TPSA) is 9.23 Å². The van der Waals surface area contributed by atoms with E-state index in [0.29, 0.717) is 0 Å². The number of rotatable bonds is 26. The van der Waals surface area contributed by atoms with E-state index in [1.54, 1.807) is 0 Å². The third-order valence-electron chi connectivity index (χ3n) is 7.11. The molecule has 0 N–H and O–H groups in total. The molecule has 0 unspecified atom stereocenters. The van der Waals surface area contributed by atoms with Crippen LogP contribution < -0.4 is 0 Å². The van der Waals surface area contributed by atoms with E-state index in [-0.39, 0.29) is 9.76 Å². The van der Waals surface area contributed by atoms with Gasteiger partial charge >= 0.3 is 0 Å². The SMILES string of the molecule is CCCCCCCCCCCCCCCCCC[N+](CCC)(CCC)CCC[SiH2]OC. The standard InChI is InChI=1S/C28H62NOSi/c1-5-8-9-10-11-12-13-14-15-16-17-18-19-20-21-22-26-29(24-6-2,25-7-3)27-23-28-31-30-4/h5-28,31H2,1-4H3/q+1. The molecule has 0 amide bonds. The second-order valence-electron chi connectivity index (χ2n) is 10.2. The number of nitrogens with zero attached hydrogens (tertiary/aromatic N) is 1. The monoisotopic (exact) mass is 456 g/mol. The minimum Gasteiger partial charge on any atom is -0.427 e. The van der Waals surface area contributed by atoms with Gasteiger partial charge in [0.05, 0.1) is 26.2 Å². The Bertz CT molecular complexity index is 331. The maximum atomic E-state index is 5.40. The molecule has 2 nitrogen and oxygen atoms in total. The lowest BCUT2D eigenvalue weighted by Crippen LogP contribution is -2.50. The highest BCUT2D eigenvalue weighted by Crippen LogP contribution is 2.17.